The molecule has 0 saturated heterocycles. The third-order valence-corrected chi connectivity index (χ3v) is 4.42. The third kappa shape index (κ3) is 4.88. The van der Waals surface area contributed by atoms with E-state index in [0.29, 0.717) is 24.5 Å². The van der Waals surface area contributed by atoms with Crippen LogP contribution in [0.1, 0.15) is 27.0 Å². The van der Waals surface area contributed by atoms with Crippen molar-refractivity contribution in [2.75, 3.05) is 14.2 Å². The highest BCUT2D eigenvalue weighted by Gasteiger charge is 2.14. The Morgan fingerprint density at radius 1 is 1.11 bits per heavy atom. The molecule has 1 amide bonds. The summed E-state index contributed by atoms with van der Waals surface area (Å²) < 4.78 is 11.2. The Morgan fingerprint density at radius 3 is 2.57 bits per heavy atom. The molecule has 5 heteroatoms. The quantitative estimate of drug-likeness (QED) is 0.619. The molecule has 0 unspecified atom stereocenters. The second-order valence-corrected chi connectivity index (χ2v) is 6.65. The molecule has 0 aliphatic carbocycles. The smallest absolute Gasteiger partial charge is 0.253 e. The van der Waals surface area contributed by atoms with E-state index in [1.165, 1.54) is 0 Å². The largest absolute Gasteiger partial charge is 0.496 e. The van der Waals surface area contributed by atoms with Crippen molar-refractivity contribution in [2.24, 2.45) is 0 Å². The number of aryl methyl sites for hydroxylation is 1. The summed E-state index contributed by atoms with van der Waals surface area (Å²) in [6, 6.07) is 17.0. The van der Waals surface area contributed by atoms with Gasteiger partial charge in [-0.25, -0.2) is 0 Å². The van der Waals surface area contributed by atoms with E-state index in [4.69, 9.17) is 9.47 Å². The number of pyridine rings is 1. The Kier molecular flexibility index (Phi) is 6.27. The maximum Gasteiger partial charge on any atom is 0.253 e. The van der Waals surface area contributed by atoms with Gasteiger partial charge in [-0.2, -0.15) is 0 Å². The van der Waals surface area contributed by atoms with Gasteiger partial charge in [0.05, 0.1) is 7.11 Å². The van der Waals surface area contributed by atoms with Crippen LogP contribution in [0.4, 0.5) is 0 Å². The average molecular weight is 376 g/mol. The van der Waals surface area contributed by atoms with E-state index in [1.807, 2.05) is 49.4 Å². The number of carbonyl (C=O) groups is 1. The van der Waals surface area contributed by atoms with E-state index in [0.717, 1.165) is 22.4 Å². The number of hydrogen-bond acceptors (Lipinski definition) is 4. The van der Waals surface area contributed by atoms with Gasteiger partial charge in [0.1, 0.15) is 18.1 Å². The molecular formula is C23H24N2O3. The van der Waals surface area contributed by atoms with E-state index in [-0.39, 0.29) is 5.91 Å². The topological polar surface area (TPSA) is 51.7 Å². The number of rotatable bonds is 7. The maximum atomic E-state index is 12.8. The lowest BCUT2D eigenvalue weighted by atomic mass is 10.1. The Balaban J connectivity index is 1.63. The highest BCUT2D eigenvalue weighted by atomic mass is 16.5. The number of amides is 1. The molecule has 0 saturated carbocycles. The van der Waals surface area contributed by atoms with Crippen LogP contribution in [0, 0.1) is 6.92 Å². The van der Waals surface area contributed by atoms with Gasteiger partial charge in [0.15, 0.2) is 0 Å². The molecule has 3 rings (SSSR count). The fraction of sp³-hybridized carbons (Fsp3) is 0.217. The van der Waals surface area contributed by atoms with Crippen molar-refractivity contribution in [1.29, 1.82) is 0 Å². The summed E-state index contributed by atoms with van der Waals surface area (Å²) in [5, 5.41) is 0. The lowest BCUT2D eigenvalue weighted by Gasteiger charge is -2.19. The lowest BCUT2D eigenvalue weighted by Crippen LogP contribution is -2.26. The molecule has 3 aromatic rings. The second kappa shape index (κ2) is 9.04. The number of benzene rings is 2. The highest BCUT2D eigenvalue weighted by molar-refractivity contribution is 5.94. The molecule has 0 atom stereocenters. The number of ether oxygens (including phenoxy) is 2. The van der Waals surface area contributed by atoms with E-state index in [9.17, 15) is 4.79 Å². The van der Waals surface area contributed by atoms with Crippen LogP contribution in [0.25, 0.3) is 0 Å². The zero-order chi connectivity index (χ0) is 19.9. The third-order valence-electron chi connectivity index (χ3n) is 4.42. The van der Waals surface area contributed by atoms with E-state index >= 15 is 0 Å². The molecule has 1 aromatic heterocycles. The minimum Gasteiger partial charge on any atom is -0.496 e. The Bertz CT molecular complexity index is 924. The predicted molar refractivity (Wildman–Crippen MR) is 109 cm³/mol. The zero-order valence-electron chi connectivity index (χ0n) is 16.4. The van der Waals surface area contributed by atoms with Gasteiger partial charge in [0, 0.05) is 42.7 Å². The maximum absolute atomic E-state index is 12.8. The Hall–Kier alpha value is -3.34. The summed E-state index contributed by atoms with van der Waals surface area (Å²) in [5.74, 6) is 1.44. The summed E-state index contributed by atoms with van der Waals surface area (Å²) in [4.78, 5) is 18.5. The molecule has 5 nitrogen and oxygen atoms in total. The number of methoxy groups -OCH3 is 1. The van der Waals surface area contributed by atoms with Crippen LogP contribution in [-0.4, -0.2) is 29.9 Å². The van der Waals surface area contributed by atoms with Crippen LogP contribution in [-0.2, 0) is 13.2 Å². The van der Waals surface area contributed by atoms with Crippen LogP contribution in [0.15, 0.2) is 67.0 Å². The average Bonchev–Trinajstić information content (AvgIpc) is 2.73. The molecule has 28 heavy (non-hydrogen) atoms. The summed E-state index contributed by atoms with van der Waals surface area (Å²) in [6.45, 7) is 2.94. The first-order chi connectivity index (χ1) is 13.6. The van der Waals surface area contributed by atoms with Crippen molar-refractivity contribution < 1.29 is 14.3 Å². The second-order valence-electron chi connectivity index (χ2n) is 6.65. The molecule has 0 N–H and O–H groups in total. The Morgan fingerprint density at radius 2 is 1.89 bits per heavy atom. The van der Waals surface area contributed by atoms with E-state index in [2.05, 4.69) is 4.98 Å². The van der Waals surface area contributed by atoms with Crippen LogP contribution in [0.3, 0.4) is 0 Å². The molecule has 0 spiro atoms. The number of aromatic nitrogens is 1. The van der Waals surface area contributed by atoms with Crippen molar-refractivity contribution in [1.82, 2.24) is 9.88 Å². The summed E-state index contributed by atoms with van der Waals surface area (Å²) in [6.07, 6.45) is 3.50. The zero-order valence-corrected chi connectivity index (χ0v) is 16.4. The highest BCUT2D eigenvalue weighted by Crippen LogP contribution is 2.22. The van der Waals surface area contributed by atoms with Crippen LogP contribution in [0.5, 0.6) is 11.5 Å². The molecule has 0 aliphatic rings. The first-order valence-electron chi connectivity index (χ1n) is 9.07. The number of nitrogens with zero attached hydrogens (tertiary/aromatic N) is 2. The van der Waals surface area contributed by atoms with Crippen molar-refractivity contribution in [3.05, 3.63) is 89.2 Å². The molecule has 0 radical (unpaired) electrons. The standard InChI is InChI=1S/C23H24N2O3/c1-17-6-11-22(27-3)20(13-17)15-25(2)23(26)19-7-9-21(10-8-19)28-16-18-5-4-12-24-14-18/h4-14H,15-16H2,1-3H3. The first kappa shape index (κ1) is 19.4. The van der Waals surface area contributed by atoms with Crippen molar-refractivity contribution in [3.8, 4) is 11.5 Å². The van der Waals surface area contributed by atoms with Gasteiger partial charge in [-0.1, -0.05) is 23.8 Å². The monoisotopic (exact) mass is 376 g/mol. The molecule has 0 fully saturated rings. The number of hydrogen-bond donors (Lipinski definition) is 0. The lowest BCUT2D eigenvalue weighted by molar-refractivity contribution is 0.0784. The fourth-order valence-corrected chi connectivity index (χ4v) is 2.92. The summed E-state index contributed by atoms with van der Waals surface area (Å²) in [7, 11) is 3.43. The number of carbonyl (C=O) groups excluding carboxylic acids is 1. The molecule has 0 aliphatic heterocycles. The van der Waals surface area contributed by atoms with Gasteiger partial charge in [-0.05, 0) is 43.3 Å². The van der Waals surface area contributed by atoms with Crippen molar-refractivity contribution >= 4 is 5.91 Å². The van der Waals surface area contributed by atoms with E-state index < -0.39 is 0 Å². The van der Waals surface area contributed by atoms with Crippen molar-refractivity contribution in [3.63, 3.8) is 0 Å². The van der Waals surface area contributed by atoms with Gasteiger partial charge < -0.3 is 14.4 Å². The normalized spacial score (nSPS) is 10.4. The van der Waals surface area contributed by atoms with E-state index in [1.54, 1.807) is 43.6 Å². The van der Waals surface area contributed by atoms with Gasteiger partial charge in [-0.3, -0.25) is 9.78 Å². The Labute approximate surface area is 165 Å². The molecule has 0 bridgehead atoms. The minimum absolute atomic E-state index is 0.0534. The molecule has 2 aromatic carbocycles. The van der Waals surface area contributed by atoms with Crippen LogP contribution < -0.4 is 9.47 Å². The SMILES string of the molecule is COc1ccc(C)cc1CN(C)C(=O)c1ccc(OCc2cccnc2)cc1. The predicted octanol–water partition coefficient (Wildman–Crippen LogP) is 4.25. The minimum atomic E-state index is -0.0534. The molecule has 144 valence electrons. The van der Waals surface area contributed by atoms with Gasteiger partial charge in [0.2, 0.25) is 0 Å². The summed E-state index contributed by atoms with van der Waals surface area (Å²) >= 11 is 0. The van der Waals surface area contributed by atoms with Gasteiger partial charge in [0.25, 0.3) is 5.91 Å². The van der Waals surface area contributed by atoms with Gasteiger partial charge >= 0.3 is 0 Å². The van der Waals surface area contributed by atoms with Gasteiger partial charge in [-0.15, -0.1) is 0 Å². The molecule has 1 heterocycles. The summed E-state index contributed by atoms with van der Waals surface area (Å²) in [5.41, 5.74) is 3.72. The van der Waals surface area contributed by atoms with Crippen molar-refractivity contribution in [2.45, 2.75) is 20.1 Å². The molecular weight excluding hydrogens is 352 g/mol. The van der Waals surface area contributed by atoms with Crippen LogP contribution in [0.2, 0.25) is 0 Å². The first-order valence-corrected chi connectivity index (χ1v) is 9.07. The fourth-order valence-electron chi connectivity index (χ4n) is 2.92. The van der Waals surface area contributed by atoms with Crippen LogP contribution >= 0.6 is 0 Å².